The summed E-state index contributed by atoms with van der Waals surface area (Å²) < 4.78 is 25.5. The second kappa shape index (κ2) is 5.79. The molecule has 0 bridgehead atoms. The van der Waals surface area contributed by atoms with E-state index in [4.69, 9.17) is 0 Å². The lowest BCUT2D eigenvalue weighted by atomic mass is 10.4. The van der Waals surface area contributed by atoms with Crippen molar-refractivity contribution in [3.8, 4) is 0 Å². The van der Waals surface area contributed by atoms with Crippen LogP contribution in [0.25, 0.3) is 0 Å². The standard InChI is InChI=1S/C11H16N2O3S/c1-3-13(9-11(14)12-2)17(15,16)10-7-5-4-6-8-10/h4-8H,3,9H2,1-2H3,(H,12,14). The van der Waals surface area contributed by atoms with Gasteiger partial charge in [-0.1, -0.05) is 25.1 Å². The Kier molecular flexibility index (Phi) is 4.65. The van der Waals surface area contributed by atoms with Crippen LogP contribution in [-0.2, 0) is 14.8 Å². The van der Waals surface area contributed by atoms with Gasteiger partial charge in [0, 0.05) is 13.6 Å². The van der Waals surface area contributed by atoms with Crippen LogP contribution in [0.1, 0.15) is 6.92 Å². The molecule has 5 nitrogen and oxygen atoms in total. The average Bonchev–Trinajstić information content (AvgIpc) is 2.36. The zero-order valence-corrected chi connectivity index (χ0v) is 10.7. The molecule has 1 rings (SSSR count). The van der Waals surface area contributed by atoms with Gasteiger partial charge in [-0.2, -0.15) is 4.31 Å². The number of carbonyl (C=O) groups is 1. The van der Waals surface area contributed by atoms with Crippen LogP contribution in [0.5, 0.6) is 0 Å². The maximum atomic E-state index is 12.2. The van der Waals surface area contributed by atoms with Crippen molar-refractivity contribution in [2.24, 2.45) is 0 Å². The summed E-state index contributed by atoms with van der Waals surface area (Å²) in [4.78, 5) is 11.4. The molecular weight excluding hydrogens is 240 g/mol. The molecule has 1 aromatic rings. The van der Waals surface area contributed by atoms with Crippen molar-refractivity contribution in [2.45, 2.75) is 11.8 Å². The molecule has 0 unspecified atom stereocenters. The van der Waals surface area contributed by atoms with E-state index in [1.165, 1.54) is 19.2 Å². The van der Waals surface area contributed by atoms with Crippen molar-refractivity contribution in [1.29, 1.82) is 0 Å². The molecular formula is C11H16N2O3S. The summed E-state index contributed by atoms with van der Waals surface area (Å²) in [5.74, 6) is -0.327. The van der Waals surface area contributed by atoms with Gasteiger partial charge in [-0.05, 0) is 12.1 Å². The van der Waals surface area contributed by atoms with Gasteiger partial charge in [0.2, 0.25) is 15.9 Å². The summed E-state index contributed by atoms with van der Waals surface area (Å²) in [6.45, 7) is 1.79. The smallest absolute Gasteiger partial charge is 0.243 e. The van der Waals surface area contributed by atoms with E-state index >= 15 is 0 Å². The number of benzene rings is 1. The summed E-state index contributed by atoms with van der Waals surface area (Å²) in [7, 11) is -2.11. The number of sulfonamides is 1. The molecule has 0 atom stereocenters. The largest absolute Gasteiger partial charge is 0.358 e. The molecule has 0 aliphatic heterocycles. The Morgan fingerprint density at radius 3 is 2.35 bits per heavy atom. The first-order chi connectivity index (χ1) is 8.02. The van der Waals surface area contributed by atoms with Gasteiger partial charge in [0.1, 0.15) is 0 Å². The number of amides is 1. The molecule has 0 fully saturated rings. The van der Waals surface area contributed by atoms with Crippen LogP contribution in [0.3, 0.4) is 0 Å². The van der Waals surface area contributed by atoms with Gasteiger partial charge >= 0.3 is 0 Å². The van der Waals surface area contributed by atoms with Gasteiger partial charge in [0.15, 0.2) is 0 Å². The predicted octanol–water partition coefficient (Wildman–Crippen LogP) is 0.443. The van der Waals surface area contributed by atoms with Gasteiger partial charge in [-0.3, -0.25) is 4.79 Å². The SMILES string of the molecule is CCN(CC(=O)NC)S(=O)(=O)c1ccccc1. The second-order valence-electron chi connectivity index (χ2n) is 3.42. The molecule has 0 aliphatic carbocycles. The maximum Gasteiger partial charge on any atom is 0.243 e. The fraction of sp³-hybridized carbons (Fsp3) is 0.364. The molecule has 1 N–H and O–H groups in total. The Labute approximate surface area is 101 Å². The van der Waals surface area contributed by atoms with Crippen molar-refractivity contribution in [2.75, 3.05) is 20.1 Å². The Morgan fingerprint density at radius 1 is 1.29 bits per heavy atom. The van der Waals surface area contributed by atoms with Crippen LogP contribution < -0.4 is 5.32 Å². The highest BCUT2D eigenvalue weighted by molar-refractivity contribution is 7.89. The number of nitrogens with one attached hydrogen (secondary N) is 1. The minimum atomic E-state index is -3.58. The van der Waals surface area contributed by atoms with Crippen LogP contribution in [0.4, 0.5) is 0 Å². The topological polar surface area (TPSA) is 66.5 Å². The number of rotatable bonds is 5. The van der Waals surface area contributed by atoms with E-state index in [0.29, 0.717) is 0 Å². The first-order valence-corrected chi connectivity index (χ1v) is 6.72. The molecule has 0 aromatic heterocycles. The zero-order valence-electron chi connectivity index (χ0n) is 9.88. The molecule has 1 amide bonds. The highest BCUT2D eigenvalue weighted by atomic mass is 32.2. The third kappa shape index (κ3) is 3.28. The summed E-state index contributed by atoms with van der Waals surface area (Å²) in [6, 6.07) is 8.08. The molecule has 6 heteroatoms. The van der Waals surface area contributed by atoms with Crippen molar-refractivity contribution in [1.82, 2.24) is 9.62 Å². The van der Waals surface area contributed by atoms with Crippen LogP contribution in [0.15, 0.2) is 35.2 Å². The van der Waals surface area contributed by atoms with Crippen molar-refractivity contribution >= 4 is 15.9 Å². The van der Waals surface area contributed by atoms with E-state index in [-0.39, 0.29) is 23.9 Å². The van der Waals surface area contributed by atoms with Crippen molar-refractivity contribution < 1.29 is 13.2 Å². The molecule has 0 saturated carbocycles. The van der Waals surface area contributed by atoms with E-state index in [9.17, 15) is 13.2 Å². The van der Waals surface area contributed by atoms with Gasteiger partial charge in [0.05, 0.1) is 11.4 Å². The average molecular weight is 256 g/mol. The highest BCUT2D eigenvalue weighted by Gasteiger charge is 2.24. The van der Waals surface area contributed by atoms with Gasteiger partial charge in [-0.25, -0.2) is 8.42 Å². The molecule has 94 valence electrons. The van der Waals surface area contributed by atoms with Crippen molar-refractivity contribution in [3.63, 3.8) is 0 Å². The highest BCUT2D eigenvalue weighted by Crippen LogP contribution is 2.14. The number of nitrogens with zero attached hydrogens (tertiary/aromatic N) is 1. The Balaban J connectivity index is 2.99. The molecule has 1 aromatic carbocycles. The third-order valence-corrected chi connectivity index (χ3v) is 4.27. The lowest BCUT2D eigenvalue weighted by Crippen LogP contribution is -2.39. The molecule has 0 heterocycles. The molecule has 0 spiro atoms. The normalized spacial score (nSPS) is 11.5. The first-order valence-electron chi connectivity index (χ1n) is 5.28. The molecule has 0 radical (unpaired) electrons. The fourth-order valence-electron chi connectivity index (χ4n) is 1.35. The monoisotopic (exact) mass is 256 g/mol. The van der Waals surface area contributed by atoms with E-state index in [0.717, 1.165) is 4.31 Å². The molecule has 0 saturated heterocycles. The van der Waals surface area contributed by atoms with Gasteiger partial charge < -0.3 is 5.32 Å². The number of hydrogen-bond donors (Lipinski definition) is 1. The zero-order chi connectivity index (χ0) is 12.9. The van der Waals surface area contributed by atoms with E-state index < -0.39 is 10.0 Å². The van der Waals surface area contributed by atoms with E-state index in [1.807, 2.05) is 0 Å². The fourth-order valence-corrected chi connectivity index (χ4v) is 2.77. The van der Waals surface area contributed by atoms with Crippen LogP contribution in [0, 0.1) is 0 Å². The number of likely N-dealkylation sites (N-methyl/N-ethyl adjacent to an activating group) is 2. The summed E-state index contributed by atoms with van der Waals surface area (Å²) in [6.07, 6.45) is 0. The lowest BCUT2D eigenvalue weighted by molar-refractivity contribution is -0.120. The van der Waals surface area contributed by atoms with Crippen LogP contribution >= 0.6 is 0 Å². The van der Waals surface area contributed by atoms with Crippen LogP contribution in [0.2, 0.25) is 0 Å². The number of hydrogen-bond acceptors (Lipinski definition) is 3. The van der Waals surface area contributed by atoms with E-state index in [1.54, 1.807) is 25.1 Å². The second-order valence-corrected chi connectivity index (χ2v) is 5.36. The Morgan fingerprint density at radius 2 is 1.88 bits per heavy atom. The number of carbonyl (C=O) groups excluding carboxylic acids is 1. The lowest BCUT2D eigenvalue weighted by Gasteiger charge is -2.19. The summed E-state index contributed by atoms with van der Waals surface area (Å²) in [5, 5.41) is 2.41. The summed E-state index contributed by atoms with van der Waals surface area (Å²) in [5.41, 5.74) is 0. The molecule has 0 aliphatic rings. The third-order valence-electron chi connectivity index (χ3n) is 2.33. The van der Waals surface area contributed by atoms with Gasteiger partial charge in [0.25, 0.3) is 0 Å². The van der Waals surface area contributed by atoms with Gasteiger partial charge in [-0.15, -0.1) is 0 Å². The summed E-state index contributed by atoms with van der Waals surface area (Å²) >= 11 is 0. The Hall–Kier alpha value is -1.40. The van der Waals surface area contributed by atoms with Crippen LogP contribution in [-0.4, -0.2) is 38.8 Å². The van der Waals surface area contributed by atoms with E-state index in [2.05, 4.69) is 5.32 Å². The molecule has 17 heavy (non-hydrogen) atoms. The predicted molar refractivity (Wildman–Crippen MR) is 64.9 cm³/mol. The van der Waals surface area contributed by atoms with Crippen molar-refractivity contribution in [3.05, 3.63) is 30.3 Å². The Bertz CT molecular complexity index is 471. The minimum absolute atomic E-state index is 0.162. The maximum absolute atomic E-state index is 12.2. The first kappa shape index (κ1) is 13.7. The quantitative estimate of drug-likeness (QED) is 0.831. The minimum Gasteiger partial charge on any atom is -0.358 e.